The number of nitrogens with one attached hydrogen (secondary N) is 2. The fraction of sp³-hybridized carbons (Fsp3) is 0.471. The Morgan fingerprint density at radius 3 is 2.68 bits per heavy atom. The molecule has 0 saturated carbocycles. The van der Waals surface area contributed by atoms with Gasteiger partial charge < -0.3 is 10.6 Å². The molecule has 2 N–H and O–H groups in total. The highest BCUT2D eigenvalue weighted by Crippen LogP contribution is 2.25. The lowest BCUT2D eigenvalue weighted by molar-refractivity contribution is -0.133. The number of urea groups is 1. The van der Waals surface area contributed by atoms with Gasteiger partial charge in [-0.05, 0) is 43.9 Å². The van der Waals surface area contributed by atoms with Gasteiger partial charge in [0.1, 0.15) is 17.9 Å². The van der Waals surface area contributed by atoms with E-state index < -0.39 is 35.7 Å². The van der Waals surface area contributed by atoms with Crippen molar-refractivity contribution in [2.45, 2.75) is 39.2 Å². The Balaban J connectivity index is 2.01. The zero-order valence-corrected chi connectivity index (χ0v) is 15.1. The van der Waals surface area contributed by atoms with Crippen LogP contribution < -0.4 is 10.6 Å². The maximum atomic E-state index is 13.1. The number of carbonyl (C=O) groups excluding carboxylic acids is 3. The largest absolute Gasteiger partial charge is 0.325 e. The summed E-state index contributed by atoms with van der Waals surface area (Å²) in [4.78, 5) is 37.6. The van der Waals surface area contributed by atoms with Crippen LogP contribution in [0.3, 0.4) is 0 Å². The molecule has 1 fully saturated rings. The van der Waals surface area contributed by atoms with Crippen molar-refractivity contribution in [2.75, 3.05) is 11.9 Å². The van der Waals surface area contributed by atoms with E-state index in [1.807, 2.05) is 13.8 Å². The molecule has 0 aliphatic carbocycles. The highest BCUT2D eigenvalue weighted by molar-refractivity contribution is 6.31. The summed E-state index contributed by atoms with van der Waals surface area (Å²) in [6.45, 7) is 5.30. The predicted molar refractivity (Wildman–Crippen MR) is 92.8 cm³/mol. The molecule has 8 heteroatoms. The van der Waals surface area contributed by atoms with Crippen LogP contribution in [0.15, 0.2) is 18.2 Å². The number of nitrogens with zero attached hydrogens (tertiary/aromatic N) is 1. The molecule has 1 saturated heterocycles. The van der Waals surface area contributed by atoms with Crippen LogP contribution in [0, 0.1) is 11.7 Å². The third kappa shape index (κ3) is 4.48. The number of imide groups is 1. The van der Waals surface area contributed by atoms with Crippen LogP contribution in [-0.2, 0) is 9.59 Å². The Hall–Kier alpha value is -2.15. The highest BCUT2D eigenvalue weighted by atomic mass is 35.5. The lowest BCUT2D eigenvalue weighted by atomic mass is 9.92. The zero-order valence-electron chi connectivity index (χ0n) is 14.4. The van der Waals surface area contributed by atoms with Gasteiger partial charge in [-0.25, -0.2) is 9.18 Å². The fourth-order valence-electron chi connectivity index (χ4n) is 2.56. The van der Waals surface area contributed by atoms with Crippen molar-refractivity contribution >= 4 is 35.1 Å². The molecule has 1 aromatic rings. The van der Waals surface area contributed by atoms with E-state index >= 15 is 0 Å². The topological polar surface area (TPSA) is 78.5 Å². The molecule has 1 aromatic carbocycles. The lowest BCUT2D eigenvalue weighted by Crippen LogP contribution is -2.44. The molecule has 0 radical (unpaired) electrons. The summed E-state index contributed by atoms with van der Waals surface area (Å²) in [5.74, 6) is -1.21. The normalized spacial score (nSPS) is 20.2. The maximum absolute atomic E-state index is 13.1. The molecule has 1 aliphatic heterocycles. The standard InChI is InChI=1S/C17H21ClFN3O3/c1-10(2)6-7-17(3)15(24)22(16(25)21-17)9-14(23)20-11-4-5-13(19)12(18)8-11/h4-5,8,10H,6-7,9H2,1-3H3,(H,20,23)(H,21,25)/t17-/m1/s1. The van der Waals surface area contributed by atoms with Gasteiger partial charge in [0.15, 0.2) is 0 Å². The molecule has 0 unspecified atom stereocenters. The van der Waals surface area contributed by atoms with Crippen molar-refractivity contribution in [1.29, 1.82) is 0 Å². The van der Waals surface area contributed by atoms with Crippen LogP contribution in [0.25, 0.3) is 0 Å². The van der Waals surface area contributed by atoms with Gasteiger partial charge in [-0.15, -0.1) is 0 Å². The summed E-state index contributed by atoms with van der Waals surface area (Å²) in [5.41, 5.74) is -0.716. The number of anilines is 1. The average Bonchev–Trinajstić information content (AvgIpc) is 2.73. The monoisotopic (exact) mass is 369 g/mol. The first-order chi connectivity index (χ1) is 11.6. The van der Waals surface area contributed by atoms with E-state index in [-0.39, 0.29) is 10.7 Å². The van der Waals surface area contributed by atoms with Crippen LogP contribution >= 0.6 is 11.6 Å². The number of hydrogen-bond donors (Lipinski definition) is 2. The Morgan fingerprint density at radius 2 is 2.08 bits per heavy atom. The van der Waals surface area contributed by atoms with E-state index in [1.54, 1.807) is 6.92 Å². The van der Waals surface area contributed by atoms with Crippen molar-refractivity contribution in [3.05, 3.63) is 29.0 Å². The molecule has 0 aromatic heterocycles. The van der Waals surface area contributed by atoms with Crippen molar-refractivity contribution < 1.29 is 18.8 Å². The van der Waals surface area contributed by atoms with Gasteiger partial charge in [0.2, 0.25) is 5.91 Å². The second kappa shape index (κ2) is 7.39. The van der Waals surface area contributed by atoms with Gasteiger partial charge in [0, 0.05) is 5.69 Å². The first-order valence-corrected chi connectivity index (χ1v) is 8.39. The zero-order chi connectivity index (χ0) is 18.8. The van der Waals surface area contributed by atoms with Crippen LogP contribution in [0.1, 0.15) is 33.6 Å². The molecular formula is C17H21ClFN3O3. The smallest absolute Gasteiger partial charge is 0.324 e. The minimum atomic E-state index is -0.999. The van der Waals surface area contributed by atoms with Crippen LogP contribution in [-0.4, -0.2) is 34.8 Å². The second-order valence-electron chi connectivity index (χ2n) is 6.76. The first kappa shape index (κ1) is 19.2. The quantitative estimate of drug-likeness (QED) is 0.756. The summed E-state index contributed by atoms with van der Waals surface area (Å²) in [5, 5.41) is 5.02. The number of hydrogen-bond acceptors (Lipinski definition) is 3. The number of halogens is 2. The molecule has 136 valence electrons. The number of amides is 4. The molecule has 0 bridgehead atoms. The van der Waals surface area contributed by atoms with E-state index in [4.69, 9.17) is 11.6 Å². The highest BCUT2D eigenvalue weighted by Gasteiger charge is 2.47. The minimum Gasteiger partial charge on any atom is -0.324 e. The molecular weight excluding hydrogens is 349 g/mol. The Morgan fingerprint density at radius 1 is 1.40 bits per heavy atom. The van der Waals surface area contributed by atoms with Crippen LogP contribution in [0.4, 0.5) is 14.9 Å². The molecule has 1 aliphatic rings. The summed E-state index contributed by atoms with van der Waals surface area (Å²) in [6, 6.07) is 3.13. The van der Waals surface area contributed by atoms with Crippen LogP contribution in [0.5, 0.6) is 0 Å². The Kier molecular flexibility index (Phi) is 5.67. The van der Waals surface area contributed by atoms with Gasteiger partial charge in [-0.3, -0.25) is 14.5 Å². The third-order valence-corrected chi connectivity index (χ3v) is 4.36. The average molecular weight is 370 g/mol. The molecule has 1 heterocycles. The van der Waals surface area contributed by atoms with Crippen molar-refractivity contribution in [2.24, 2.45) is 5.92 Å². The van der Waals surface area contributed by atoms with Gasteiger partial charge in [0.05, 0.1) is 5.02 Å². The number of carbonyl (C=O) groups is 3. The maximum Gasteiger partial charge on any atom is 0.325 e. The third-order valence-electron chi connectivity index (χ3n) is 4.07. The van der Waals surface area contributed by atoms with E-state index in [1.165, 1.54) is 12.1 Å². The minimum absolute atomic E-state index is 0.131. The van der Waals surface area contributed by atoms with Crippen LogP contribution in [0.2, 0.25) is 5.02 Å². The second-order valence-corrected chi connectivity index (χ2v) is 7.17. The summed E-state index contributed by atoms with van der Waals surface area (Å²) >= 11 is 5.66. The summed E-state index contributed by atoms with van der Waals surface area (Å²) in [6.07, 6.45) is 1.28. The van der Waals surface area contributed by atoms with Crippen molar-refractivity contribution in [3.63, 3.8) is 0 Å². The first-order valence-electron chi connectivity index (χ1n) is 8.01. The Labute approximate surface area is 150 Å². The molecule has 0 spiro atoms. The molecule has 1 atom stereocenters. The van der Waals surface area contributed by atoms with Crippen molar-refractivity contribution in [1.82, 2.24) is 10.2 Å². The van der Waals surface area contributed by atoms with E-state index in [9.17, 15) is 18.8 Å². The van der Waals surface area contributed by atoms with Crippen molar-refractivity contribution in [3.8, 4) is 0 Å². The summed E-state index contributed by atoms with van der Waals surface area (Å²) < 4.78 is 13.1. The van der Waals surface area contributed by atoms with Gasteiger partial charge in [-0.2, -0.15) is 0 Å². The fourth-order valence-corrected chi connectivity index (χ4v) is 2.74. The van der Waals surface area contributed by atoms with E-state index in [2.05, 4.69) is 10.6 Å². The number of benzene rings is 1. The molecule has 2 rings (SSSR count). The van der Waals surface area contributed by atoms with Gasteiger partial charge in [0.25, 0.3) is 5.91 Å². The Bertz CT molecular complexity index is 710. The lowest BCUT2D eigenvalue weighted by Gasteiger charge is -2.22. The van der Waals surface area contributed by atoms with E-state index in [0.29, 0.717) is 12.3 Å². The van der Waals surface area contributed by atoms with Gasteiger partial charge >= 0.3 is 6.03 Å². The molecule has 25 heavy (non-hydrogen) atoms. The van der Waals surface area contributed by atoms with Gasteiger partial charge in [-0.1, -0.05) is 25.4 Å². The summed E-state index contributed by atoms with van der Waals surface area (Å²) in [7, 11) is 0. The number of rotatable bonds is 6. The molecule has 6 nitrogen and oxygen atoms in total. The predicted octanol–water partition coefficient (Wildman–Crippen LogP) is 3.16. The van der Waals surface area contributed by atoms with E-state index in [0.717, 1.165) is 17.4 Å². The SMILES string of the molecule is CC(C)CC[C@@]1(C)NC(=O)N(CC(=O)Nc2ccc(F)c(Cl)c2)C1=O. The molecule has 4 amide bonds.